The van der Waals surface area contributed by atoms with Gasteiger partial charge in [0, 0.05) is 29.6 Å². The van der Waals surface area contributed by atoms with Crippen LogP contribution < -0.4 is 10.9 Å². The smallest absolute Gasteiger partial charge is 0.272 e. The van der Waals surface area contributed by atoms with Crippen molar-refractivity contribution in [2.24, 2.45) is 0 Å². The van der Waals surface area contributed by atoms with Crippen molar-refractivity contribution in [3.05, 3.63) is 68.1 Å². The summed E-state index contributed by atoms with van der Waals surface area (Å²) in [6.07, 6.45) is 1.30. The summed E-state index contributed by atoms with van der Waals surface area (Å²) in [7, 11) is 0. The molecule has 0 bridgehead atoms. The SMILES string of the molecule is Cc1cc(NC(=O)c2ccc(=O)[nH]c2)ccc1[N+](=O)[O-]. The lowest BCUT2D eigenvalue weighted by atomic mass is 10.1. The van der Waals surface area contributed by atoms with Crippen LogP contribution in [-0.4, -0.2) is 15.8 Å². The lowest BCUT2D eigenvalue weighted by molar-refractivity contribution is -0.385. The second-order valence-corrected chi connectivity index (χ2v) is 4.15. The number of nitrogens with zero attached hydrogens (tertiary/aromatic N) is 1. The molecule has 0 aliphatic rings. The molecule has 1 aromatic heterocycles. The Labute approximate surface area is 113 Å². The molecule has 2 aromatic rings. The van der Waals surface area contributed by atoms with Crippen molar-refractivity contribution in [3.63, 3.8) is 0 Å². The molecule has 1 aromatic carbocycles. The van der Waals surface area contributed by atoms with E-state index in [1.54, 1.807) is 6.92 Å². The van der Waals surface area contributed by atoms with Crippen molar-refractivity contribution in [2.45, 2.75) is 6.92 Å². The van der Waals surface area contributed by atoms with Gasteiger partial charge in [-0.3, -0.25) is 19.7 Å². The van der Waals surface area contributed by atoms with Gasteiger partial charge in [-0.15, -0.1) is 0 Å². The molecule has 20 heavy (non-hydrogen) atoms. The molecule has 1 amide bonds. The van der Waals surface area contributed by atoms with E-state index >= 15 is 0 Å². The zero-order valence-electron chi connectivity index (χ0n) is 10.5. The topological polar surface area (TPSA) is 105 Å². The highest BCUT2D eigenvalue weighted by Gasteiger charge is 2.12. The van der Waals surface area contributed by atoms with Gasteiger partial charge in [-0.05, 0) is 25.1 Å². The van der Waals surface area contributed by atoms with E-state index in [-0.39, 0.29) is 11.2 Å². The molecule has 0 fully saturated rings. The average Bonchev–Trinajstić information content (AvgIpc) is 2.39. The van der Waals surface area contributed by atoms with Gasteiger partial charge in [0.25, 0.3) is 11.6 Å². The van der Waals surface area contributed by atoms with Gasteiger partial charge in [-0.2, -0.15) is 0 Å². The molecular formula is C13H11N3O4. The number of hydrogen-bond acceptors (Lipinski definition) is 4. The van der Waals surface area contributed by atoms with E-state index in [0.29, 0.717) is 16.8 Å². The number of carbonyl (C=O) groups is 1. The van der Waals surface area contributed by atoms with Crippen molar-refractivity contribution in [2.75, 3.05) is 5.32 Å². The number of hydrogen-bond donors (Lipinski definition) is 2. The van der Waals surface area contributed by atoms with E-state index in [0.717, 1.165) is 0 Å². The van der Waals surface area contributed by atoms with Gasteiger partial charge in [0.05, 0.1) is 10.5 Å². The van der Waals surface area contributed by atoms with E-state index in [1.165, 1.54) is 36.5 Å². The van der Waals surface area contributed by atoms with Crippen LogP contribution in [0.5, 0.6) is 0 Å². The third-order valence-electron chi connectivity index (χ3n) is 2.70. The van der Waals surface area contributed by atoms with Gasteiger partial charge in [-0.25, -0.2) is 0 Å². The van der Waals surface area contributed by atoms with Crippen LogP contribution in [0.1, 0.15) is 15.9 Å². The Kier molecular flexibility index (Phi) is 3.60. The molecular weight excluding hydrogens is 262 g/mol. The molecule has 0 aliphatic carbocycles. The van der Waals surface area contributed by atoms with Crippen molar-refractivity contribution >= 4 is 17.3 Å². The first kappa shape index (κ1) is 13.5. The number of nitro benzene ring substituents is 1. The molecule has 1 heterocycles. The van der Waals surface area contributed by atoms with Gasteiger partial charge in [0.2, 0.25) is 5.56 Å². The fourth-order valence-electron chi connectivity index (χ4n) is 1.69. The molecule has 102 valence electrons. The summed E-state index contributed by atoms with van der Waals surface area (Å²) in [4.78, 5) is 35.4. The van der Waals surface area contributed by atoms with Crippen LogP contribution in [-0.2, 0) is 0 Å². The van der Waals surface area contributed by atoms with Gasteiger partial charge in [0.15, 0.2) is 0 Å². The Morgan fingerprint density at radius 1 is 1.30 bits per heavy atom. The Morgan fingerprint density at radius 2 is 2.05 bits per heavy atom. The van der Waals surface area contributed by atoms with E-state index < -0.39 is 10.8 Å². The van der Waals surface area contributed by atoms with Crippen LogP contribution in [0.4, 0.5) is 11.4 Å². The number of carbonyl (C=O) groups excluding carboxylic acids is 1. The van der Waals surface area contributed by atoms with Crippen molar-refractivity contribution < 1.29 is 9.72 Å². The molecule has 7 heteroatoms. The number of amides is 1. The number of benzene rings is 1. The van der Waals surface area contributed by atoms with Crippen molar-refractivity contribution in [3.8, 4) is 0 Å². The van der Waals surface area contributed by atoms with Crippen molar-refractivity contribution in [1.82, 2.24) is 4.98 Å². The minimum Gasteiger partial charge on any atom is -0.328 e. The summed E-state index contributed by atoms with van der Waals surface area (Å²) in [5.41, 5.74) is 0.888. The number of H-pyrrole nitrogens is 1. The van der Waals surface area contributed by atoms with Crippen LogP contribution >= 0.6 is 0 Å². The highest BCUT2D eigenvalue weighted by molar-refractivity contribution is 6.04. The monoisotopic (exact) mass is 273 g/mol. The summed E-state index contributed by atoms with van der Waals surface area (Å²) in [5, 5.41) is 13.3. The quantitative estimate of drug-likeness (QED) is 0.657. The number of aromatic nitrogens is 1. The van der Waals surface area contributed by atoms with Gasteiger partial charge in [0.1, 0.15) is 0 Å². The standard InChI is InChI=1S/C13H11N3O4/c1-8-6-10(3-4-11(8)16(19)20)15-13(18)9-2-5-12(17)14-7-9/h2-7H,1H3,(H,14,17)(H,15,18). The fourth-order valence-corrected chi connectivity index (χ4v) is 1.69. The highest BCUT2D eigenvalue weighted by atomic mass is 16.6. The third kappa shape index (κ3) is 2.89. The van der Waals surface area contributed by atoms with Crippen LogP contribution in [0, 0.1) is 17.0 Å². The second-order valence-electron chi connectivity index (χ2n) is 4.15. The van der Waals surface area contributed by atoms with Crippen LogP contribution in [0.25, 0.3) is 0 Å². The number of pyridine rings is 1. The summed E-state index contributed by atoms with van der Waals surface area (Å²) in [6.45, 7) is 1.59. The molecule has 0 radical (unpaired) electrons. The number of nitro groups is 1. The lowest BCUT2D eigenvalue weighted by Crippen LogP contribution is -2.14. The zero-order valence-corrected chi connectivity index (χ0v) is 10.5. The molecule has 2 rings (SSSR count). The Morgan fingerprint density at radius 3 is 2.60 bits per heavy atom. The second kappa shape index (κ2) is 5.35. The molecule has 2 N–H and O–H groups in total. The largest absolute Gasteiger partial charge is 0.328 e. The first-order valence-corrected chi connectivity index (χ1v) is 5.72. The van der Waals surface area contributed by atoms with Crippen LogP contribution in [0.2, 0.25) is 0 Å². The molecule has 0 saturated carbocycles. The maximum absolute atomic E-state index is 11.9. The number of anilines is 1. The highest BCUT2D eigenvalue weighted by Crippen LogP contribution is 2.21. The third-order valence-corrected chi connectivity index (χ3v) is 2.70. The Balaban J connectivity index is 2.20. The van der Waals surface area contributed by atoms with Gasteiger partial charge < -0.3 is 10.3 Å². The minimum absolute atomic E-state index is 0.00737. The predicted octanol–water partition coefficient (Wildman–Crippen LogP) is 1.84. The molecule has 0 unspecified atom stereocenters. The first-order valence-electron chi connectivity index (χ1n) is 5.72. The van der Waals surface area contributed by atoms with E-state index in [1.807, 2.05) is 0 Å². The molecule has 0 atom stereocenters. The Hall–Kier alpha value is -2.96. The predicted molar refractivity (Wildman–Crippen MR) is 72.8 cm³/mol. The first-order chi connectivity index (χ1) is 9.47. The average molecular weight is 273 g/mol. The van der Waals surface area contributed by atoms with Crippen LogP contribution in [0.3, 0.4) is 0 Å². The maximum Gasteiger partial charge on any atom is 0.272 e. The molecule has 0 aliphatic heterocycles. The van der Waals surface area contributed by atoms with Crippen LogP contribution in [0.15, 0.2) is 41.3 Å². The normalized spacial score (nSPS) is 10.1. The molecule has 0 spiro atoms. The van der Waals surface area contributed by atoms with Crippen molar-refractivity contribution in [1.29, 1.82) is 0 Å². The molecule has 7 nitrogen and oxygen atoms in total. The van der Waals surface area contributed by atoms with Gasteiger partial charge in [-0.1, -0.05) is 0 Å². The fraction of sp³-hybridized carbons (Fsp3) is 0.0769. The number of aryl methyl sites for hydroxylation is 1. The maximum atomic E-state index is 11.9. The summed E-state index contributed by atoms with van der Waals surface area (Å²) >= 11 is 0. The molecule has 0 saturated heterocycles. The summed E-state index contributed by atoms with van der Waals surface area (Å²) in [5.74, 6) is -0.408. The summed E-state index contributed by atoms with van der Waals surface area (Å²) in [6, 6.07) is 6.94. The van der Waals surface area contributed by atoms with E-state index in [2.05, 4.69) is 10.3 Å². The Bertz CT molecular complexity index is 716. The number of nitrogens with one attached hydrogen (secondary N) is 2. The van der Waals surface area contributed by atoms with Gasteiger partial charge >= 0.3 is 0 Å². The number of aromatic amines is 1. The van der Waals surface area contributed by atoms with E-state index in [9.17, 15) is 19.7 Å². The number of rotatable bonds is 3. The van der Waals surface area contributed by atoms with E-state index in [4.69, 9.17) is 0 Å². The zero-order chi connectivity index (χ0) is 14.7. The summed E-state index contributed by atoms with van der Waals surface area (Å²) < 4.78 is 0. The lowest BCUT2D eigenvalue weighted by Gasteiger charge is -2.06. The minimum atomic E-state index is -0.483.